The second kappa shape index (κ2) is 8.51. The number of methoxy groups -OCH3 is 2. The highest BCUT2D eigenvalue weighted by Gasteiger charge is 2.48. The predicted octanol–water partition coefficient (Wildman–Crippen LogP) is 4.39. The number of benzene rings is 2. The Morgan fingerprint density at radius 1 is 1.06 bits per heavy atom. The number of carbonyl (C=O) groups is 2. The Bertz CT molecular complexity index is 1230. The molecule has 8 nitrogen and oxygen atoms in total. The van der Waals surface area contributed by atoms with Gasteiger partial charge in [-0.05, 0) is 42.8 Å². The van der Waals surface area contributed by atoms with Gasteiger partial charge >= 0.3 is 5.91 Å². The van der Waals surface area contributed by atoms with Crippen LogP contribution in [0.2, 0.25) is 0 Å². The van der Waals surface area contributed by atoms with Gasteiger partial charge in [-0.3, -0.25) is 14.5 Å². The number of anilines is 1. The first-order chi connectivity index (χ1) is 15.3. The Hall–Kier alpha value is -3.59. The Morgan fingerprint density at radius 3 is 2.34 bits per heavy atom. The summed E-state index contributed by atoms with van der Waals surface area (Å²) in [4.78, 5) is 27.4. The van der Waals surface area contributed by atoms with E-state index in [1.807, 2.05) is 0 Å². The predicted molar refractivity (Wildman–Crippen MR) is 120 cm³/mol. The first-order valence-corrected chi connectivity index (χ1v) is 10.4. The van der Waals surface area contributed by atoms with E-state index in [9.17, 15) is 14.7 Å². The van der Waals surface area contributed by atoms with E-state index in [1.54, 1.807) is 55.5 Å². The van der Waals surface area contributed by atoms with Crippen LogP contribution in [0.5, 0.6) is 11.5 Å². The SMILES string of the molecule is COc1ccc(/C(O)=C2\C(=O)C(=O)N(c3cc(C)on3)[C@@H]2c2ccc(Br)cc2)cc1OC. The van der Waals surface area contributed by atoms with Crippen molar-refractivity contribution in [3.63, 3.8) is 0 Å². The standard InChI is InChI=1S/C23H19BrN2O6/c1-12-10-18(25-32-12)26-20(13-4-7-15(24)8-5-13)19(22(28)23(26)29)21(27)14-6-9-16(30-2)17(11-14)31-3/h4-11,20,27H,1-3H3/b21-19+/t20-/m1/s1. The molecule has 1 fully saturated rings. The van der Waals surface area contributed by atoms with Crippen molar-refractivity contribution < 1.29 is 28.7 Å². The van der Waals surface area contributed by atoms with Crippen LogP contribution >= 0.6 is 15.9 Å². The Labute approximate surface area is 192 Å². The molecule has 2 heterocycles. The lowest BCUT2D eigenvalue weighted by Gasteiger charge is -2.23. The zero-order valence-electron chi connectivity index (χ0n) is 17.5. The molecule has 0 saturated carbocycles. The highest BCUT2D eigenvalue weighted by Crippen LogP contribution is 2.43. The molecular formula is C23H19BrN2O6. The largest absolute Gasteiger partial charge is 0.507 e. The fourth-order valence-corrected chi connectivity index (χ4v) is 3.90. The van der Waals surface area contributed by atoms with Crippen molar-refractivity contribution in [2.75, 3.05) is 19.1 Å². The third kappa shape index (κ3) is 3.64. The summed E-state index contributed by atoms with van der Waals surface area (Å²) in [7, 11) is 2.96. The lowest BCUT2D eigenvalue weighted by molar-refractivity contribution is -0.132. The molecule has 0 spiro atoms. The van der Waals surface area contributed by atoms with Crippen LogP contribution in [0.1, 0.15) is 22.9 Å². The molecule has 3 aromatic rings. The number of amides is 1. The van der Waals surface area contributed by atoms with Crippen LogP contribution in [0.4, 0.5) is 5.82 Å². The molecule has 32 heavy (non-hydrogen) atoms. The fourth-order valence-electron chi connectivity index (χ4n) is 3.64. The molecule has 1 saturated heterocycles. The normalized spacial score (nSPS) is 17.6. The highest BCUT2D eigenvalue weighted by molar-refractivity contribution is 9.10. The summed E-state index contributed by atoms with van der Waals surface area (Å²) in [5.41, 5.74) is 0.861. The van der Waals surface area contributed by atoms with Gasteiger partial charge in [-0.2, -0.15) is 0 Å². The number of halogens is 1. The second-order valence-electron chi connectivity index (χ2n) is 7.09. The van der Waals surface area contributed by atoms with E-state index in [0.29, 0.717) is 28.4 Å². The molecule has 1 amide bonds. The molecule has 0 unspecified atom stereocenters. The molecule has 9 heteroatoms. The third-order valence-corrected chi connectivity index (χ3v) is 5.68. The van der Waals surface area contributed by atoms with Crippen molar-refractivity contribution in [2.45, 2.75) is 13.0 Å². The van der Waals surface area contributed by atoms with Gasteiger partial charge in [0.15, 0.2) is 17.3 Å². The molecule has 1 aromatic heterocycles. The molecule has 1 N–H and O–H groups in total. The Kier molecular flexibility index (Phi) is 5.75. The van der Waals surface area contributed by atoms with E-state index >= 15 is 0 Å². The number of hydrogen-bond donors (Lipinski definition) is 1. The molecule has 2 aromatic carbocycles. The molecule has 0 bridgehead atoms. The number of aryl methyl sites for hydroxylation is 1. The molecule has 164 valence electrons. The number of rotatable bonds is 5. The van der Waals surface area contributed by atoms with Gasteiger partial charge in [0.05, 0.1) is 25.8 Å². The van der Waals surface area contributed by atoms with E-state index < -0.39 is 17.7 Å². The number of aliphatic hydroxyl groups is 1. The van der Waals surface area contributed by atoms with Gasteiger partial charge in [0.1, 0.15) is 11.5 Å². The Morgan fingerprint density at radius 2 is 1.75 bits per heavy atom. The van der Waals surface area contributed by atoms with Crippen molar-refractivity contribution in [3.05, 3.63) is 75.5 Å². The summed E-state index contributed by atoms with van der Waals surface area (Å²) in [5, 5.41) is 15.1. The molecule has 1 atom stereocenters. The third-order valence-electron chi connectivity index (χ3n) is 5.15. The van der Waals surface area contributed by atoms with Gasteiger partial charge in [-0.25, -0.2) is 0 Å². The lowest BCUT2D eigenvalue weighted by Crippen LogP contribution is -2.29. The van der Waals surface area contributed by atoms with Gasteiger partial charge in [-0.1, -0.05) is 33.2 Å². The second-order valence-corrected chi connectivity index (χ2v) is 8.00. The van der Waals surface area contributed by atoms with E-state index in [0.717, 1.165) is 4.47 Å². The van der Waals surface area contributed by atoms with Crippen LogP contribution in [0.15, 0.2) is 63.1 Å². The maximum atomic E-state index is 13.1. The van der Waals surface area contributed by atoms with Crippen LogP contribution in [0.3, 0.4) is 0 Å². The van der Waals surface area contributed by atoms with Crippen LogP contribution in [-0.4, -0.2) is 36.2 Å². The van der Waals surface area contributed by atoms with Crippen molar-refractivity contribution >= 4 is 39.2 Å². The fraction of sp³-hybridized carbons (Fsp3) is 0.174. The van der Waals surface area contributed by atoms with Crippen molar-refractivity contribution in [1.29, 1.82) is 0 Å². The highest BCUT2D eigenvalue weighted by atomic mass is 79.9. The number of aliphatic hydroxyl groups excluding tert-OH is 1. The monoisotopic (exact) mass is 498 g/mol. The minimum Gasteiger partial charge on any atom is -0.507 e. The molecule has 1 aliphatic heterocycles. The van der Waals surface area contributed by atoms with Crippen LogP contribution in [0.25, 0.3) is 5.76 Å². The summed E-state index contributed by atoms with van der Waals surface area (Å²) < 4.78 is 16.5. The molecule has 4 rings (SSSR count). The summed E-state index contributed by atoms with van der Waals surface area (Å²) in [6.45, 7) is 1.69. The number of hydrogen-bond acceptors (Lipinski definition) is 7. The number of ketones is 1. The van der Waals surface area contributed by atoms with Gasteiger partial charge in [0, 0.05) is 16.1 Å². The number of ether oxygens (including phenoxy) is 2. The maximum Gasteiger partial charge on any atom is 0.301 e. The van der Waals surface area contributed by atoms with Crippen molar-refractivity contribution in [3.8, 4) is 11.5 Å². The summed E-state index contributed by atoms with van der Waals surface area (Å²) in [5.74, 6) is -0.468. The molecule has 0 aliphatic carbocycles. The first-order valence-electron chi connectivity index (χ1n) is 9.58. The van der Waals surface area contributed by atoms with Gasteiger partial charge in [0.25, 0.3) is 5.78 Å². The molecule has 0 radical (unpaired) electrons. The summed E-state index contributed by atoms with van der Waals surface area (Å²) in [6.07, 6.45) is 0. The average Bonchev–Trinajstić information content (AvgIpc) is 3.34. The van der Waals surface area contributed by atoms with Crippen LogP contribution < -0.4 is 14.4 Å². The van der Waals surface area contributed by atoms with Crippen LogP contribution in [0, 0.1) is 6.92 Å². The average molecular weight is 499 g/mol. The summed E-state index contributed by atoms with van der Waals surface area (Å²) >= 11 is 3.39. The van der Waals surface area contributed by atoms with E-state index in [2.05, 4.69) is 21.1 Å². The maximum absolute atomic E-state index is 13.1. The first kappa shape index (κ1) is 21.6. The number of carbonyl (C=O) groups excluding carboxylic acids is 2. The minimum absolute atomic E-state index is 0.0646. The smallest absolute Gasteiger partial charge is 0.301 e. The van der Waals surface area contributed by atoms with E-state index in [-0.39, 0.29) is 17.2 Å². The number of nitrogens with zero attached hydrogens (tertiary/aromatic N) is 2. The quantitative estimate of drug-likeness (QED) is 0.316. The summed E-state index contributed by atoms with van der Waals surface area (Å²) in [6, 6.07) is 12.5. The zero-order chi connectivity index (χ0) is 23.0. The molecule has 1 aliphatic rings. The zero-order valence-corrected chi connectivity index (χ0v) is 19.0. The molecular weight excluding hydrogens is 480 g/mol. The van der Waals surface area contributed by atoms with Gasteiger partial charge < -0.3 is 19.1 Å². The lowest BCUT2D eigenvalue weighted by atomic mass is 9.95. The van der Waals surface area contributed by atoms with Crippen molar-refractivity contribution in [1.82, 2.24) is 5.16 Å². The van der Waals surface area contributed by atoms with E-state index in [1.165, 1.54) is 19.1 Å². The number of Topliss-reactive ketones (excluding diaryl/α,β-unsaturated/α-hetero) is 1. The van der Waals surface area contributed by atoms with Gasteiger partial charge in [-0.15, -0.1) is 0 Å². The Balaban J connectivity index is 1.93. The van der Waals surface area contributed by atoms with Crippen LogP contribution in [-0.2, 0) is 9.59 Å². The minimum atomic E-state index is -0.902. The topological polar surface area (TPSA) is 102 Å². The number of aromatic nitrogens is 1. The van der Waals surface area contributed by atoms with E-state index in [4.69, 9.17) is 14.0 Å². The van der Waals surface area contributed by atoms with Gasteiger partial charge in [0.2, 0.25) is 0 Å². The van der Waals surface area contributed by atoms with Crippen molar-refractivity contribution in [2.24, 2.45) is 0 Å².